The molecule has 4 nitrogen and oxygen atoms in total. The van der Waals surface area contributed by atoms with E-state index in [0.29, 0.717) is 18.5 Å². The highest BCUT2D eigenvalue weighted by molar-refractivity contribution is 5.83. The lowest BCUT2D eigenvalue weighted by Crippen LogP contribution is -2.35. The first-order valence-electron chi connectivity index (χ1n) is 8.70. The molecular formula is C20H25N3O. The van der Waals surface area contributed by atoms with Crippen LogP contribution in [0.2, 0.25) is 0 Å². The Balaban J connectivity index is 1.74. The number of carbonyl (C=O) groups is 1. The van der Waals surface area contributed by atoms with Crippen molar-refractivity contribution in [1.29, 1.82) is 0 Å². The van der Waals surface area contributed by atoms with E-state index >= 15 is 0 Å². The molecule has 0 bridgehead atoms. The molecule has 1 aromatic carbocycles. The molecule has 1 heterocycles. The third-order valence-corrected chi connectivity index (χ3v) is 4.72. The fourth-order valence-corrected chi connectivity index (χ4v) is 2.90. The van der Waals surface area contributed by atoms with Gasteiger partial charge < -0.3 is 4.90 Å². The van der Waals surface area contributed by atoms with Crippen LogP contribution < -0.4 is 0 Å². The van der Waals surface area contributed by atoms with E-state index < -0.39 is 0 Å². The van der Waals surface area contributed by atoms with Crippen LogP contribution in [0.5, 0.6) is 0 Å². The minimum absolute atomic E-state index is 0.167. The zero-order chi connectivity index (χ0) is 17.1. The molecule has 126 valence electrons. The van der Waals surface area contributed by atoms with Gasteiger partial charge in [0.05, 0.1) is 5.92 Å². The standard InChI is InChI=1S/C20H25N3O/c1-14(2)17-6-4-16(5-7-17)12-23(19-8-9-19)20(24)15(3)18-10-21-13-22-11-18/h4-7,10-11,13-15,19H,8-9,12H2,1-3H3/t15-/m0/s1. The summed E-state index contributed by atoms with van der Waals surface area (Å²) in [5, 5.41) is 0. The zero-order valence-electron chi connectivity index (χ0n) is 14.6. The highest BCUT2D eigenvalue weighted by Gasteiger charge is 2.35. The average molecular weight is 323 g/mol. The predicted octanol–water partition coefficient (Wildman–Crippen LogP) is 3.89. The molecule has 0 unspecified atom stereocenters. The minimum Gasteiger partial charge on any atom is -0.335 e. The number of nitrogens with zero attached hydrogens (tertiary/aromatic N) is 3. The average Bonchev–Trinajstić information content (AvgIpc) is 3.44. The molecule has 1 aromatic heterocycles. The number of hydrogen-bond donors (Lipinski definition) is 0. The second kappa shape index (κ2) is 7.12. The van der Waals surface area contributed by atoms with Crippen LogP contribution in [0.3, 0.4) is 0 Å². The van der Waals surface area contributed by atoms with Crippen molar-refractivity contribution in [2.45, 2.75) is 58.0 Å². The van der Waals surface area contributed by atoms with E-state index in [2.05, 4.69) is 48.1 Å². The van der Waals surface area contributed by atoms with E-state index in [1.807, 2.05) is 11.8 Å². The fraction of sp³-hybridized carbons (Fsp3) is 0.450. The Labute approximate surface area is 143 Å². The van der Waals surface area contributed by atoms with Crippen molar-refractivity contribution in [1.82, 2.24) is 14.9 Å². The van der Waals surface area contributed by atoms with Gasteiger partial charge in [0.1, 0.15) is 6.33 Å². The number of hydrogen-bond acceptors (Lipinski definition) is 3. The quantitative estimate of drug-likeness (QED) is 0.810. The van der Waals surface area contributed by atoms with E-state index in [4.69, 9.17) is 0 Å². The van der Waals surface area contributed by atoms with Crippen molar-refractivity contribution in [2.24, 2.45) is 0 Å². The molecule has 0 aliphatic heterocycles. The Kier molecular flexibility index (Phi) is 4.93. The molecular weight excluding hydrogens is 298 g/mol. The van der Waals surface area contributed by atoms with Crippen molar-refractivity contribution < 1.29 is 4.79 Å². The van der Waals surface area contributed by atoms with Crippen LogP contribution in [-0.4, -0.2) is 26.8 Å². The summed E-state index contributed by atoms with van der Waals surface area (Å²) in [7, 11) is 0. The number of aromatic nitrogens is 2. The maximum absolute atomic E-state index is 13.0. The Bertz CT molecular complexity index is 678. The summed E-state index contributed by atoms with van der Waals surface area (Å²) in [5.41, 5.74) is 3.40. The molecule has 1 aliphatic rings. The second-order valence-corrected chi connectivity index (χ2v) is 6.99. The molecule has 0 radical (unpaired) electrons. The molecule has 3 rings (SSSR count). The van der Waals surface area contributed by atoms with Crippen LogP contribution in [0.4, 0.5) is 0 Å². The van der Waals surface area contributed by atoms with Gasteiger partial charge in [-0.2, -0.15) is 0 Å². The number of benzene rings is 1. The molecule has 0 spiro atoms. The topological polar surface area (TPSA) is 46.1 Å². The highest BCUT2D eigenvalue weighted by atomic mass is 16.2. The Morgan fingerprint density at radius 2 is 1.71 bits per heavy atom. The first kappa shape index (κ1) is 16.6. The number of carbonyl (C=O) groups excluding carboxylic acids is 1. The van der Waals surface area contributed by atoms with Crippen LogP contribution in [0.25, 0.3) is 0 Å². The van der Waals surface area contributed by atoms with E-state index in [-0.39, 0.29) is 11.8 Å². The molecule has 2 aromatic rings. The summed E-state index contributed by atoms with van der Waals surface area (Å²) in [5.74, 6) is 0.486. The lowest BCUT2D eigenvalue weighted by atomic mass is 10.0. The second-order valence-electron chi connectivity index (χ2n) is 6.99. The lowest BCUT2D eigenvalue weighted by molar-refractivity contribution is -0.133. The van der Waals surface area contributed by atoms with Crippen LogP contribution in [-0.2, 0) is 11.3 Å². The normalized spacial score (nSPS) is 15.3. The van der Waals surface area contributed by atoms with Gasteiger partial charge in [-0.15, -0.1) is 0 Å². The fourth-order valence-electron chi connectivity index (χ4n) is 2.90. The van der Waals surface area contributed by atoms with E-state index in [1.54, 1.807) is 12.4 Å². The number of rotatable bonds is 6. The van der Waals surface area contributed by atoms with Gasteiger partial charge in [-0.1, -0.05) is 38.1 Å². The van der Waals surface area contributed by atoms with Crippen LogP contribution in [0.1, 0.15) is 62.1 Å². The van der Waals surface area contributed by atoms with E-state index in [0.717, 1.165) is 18.4 Å². The number of amides is 1. The summed E-state index contributed by atoms with van der Waals surface area (Å²) < 4.78 is 0. The summed E-state index contributed by atoms with van der Waals surface area (Å²) in [4.78, 5) is 23.1. The van der Waals surface area contributed by atoms with Gasteiger partial charge in [-0.05, 0) is 36.8 Å². The molecule has 1 aliphatic carbocycles. The van der Waals surface area contributed by atoms with Crippen molar-refractivity contribution in [3.63, 3.8) is 0 Å². The molecule has 1 saturated carbocycles. The van der Waals surface area contributed by atoms with Crippen molar-refractivity contribution in [3.05, 3.63) is 59.7 Å². The zero-order valence-corrected chi connectivity index (χ0v) is 14.6. The van der Waals surface area contributed by atoms with Crippen LogP contribution in [0.15, 0.2) is 43.0 Å². The van der Waals surface area contributed by atoms with Gasteiger partial charge in [-0.25, -0.2) is 9.97 Å². The first-order chi connectivity index (χ1) is 11.6. The Morgan fingerprint density at radius 1 is 1.08 bits per heavy atom. The molecule has 0 N–H and O–H groups in total. The first-order valence-corrected chi connectivity index (χ1v) is 8.70. The summed E-state index contributed by atoms with van der Waals surface area (Å²) in [6.45, 7) is 7.01. The van der Waals surface area contributed by atoms with Crippen molar-refractivity contribution >= 4 is 5.91 Å². The monoisotopic (exact) mass is 323 g/mol. The highest BCUT2D eigenvalue weighted by Crippen LogP contribution is 2.31. The predicted molar refractivity (Wildman–Crippen MR) is 94.6 cm³/mol. The molecule has 0 saturated heterocycles. The summed E-state index contributed by atoms with van der Waals surface area (Å²) in [6.07, 6.45) is 7.17. The van der Waals surface area contributed by atoms with Gasteiger partial charge in [0.2, 0.25) is 5.91 Å². The maximum Gasteiger partial charge on any atom is 0.230 e. The van der Waals surface area contributed by atoms with E-state index in [9.17, 15) is 4.79 Å². The lowest BCUT2D eigenvalue weighted by Gasteiger charge is -2.26. The van der Waals surface area contributed by atoms with Gasteiger partial charge in [0.25, 0.3) is 0 Å². The van der Waals surface area contributed by atoms with E-state index in [1.165, 1.54) is 17.5 Å². The third kappa shape index (κ3) is 3.81. The summed E-state index contributed by atoms with van der Waals surface area (Å²) >= 11 is 0. The molecule has 1 fully saturated rings. The largest absolute Gasteiger partial charge is 0.335 e. The SMILES string of the molecule is CC(C)c1ccc(CN(C(=O)[C@@H](C)c2cncnc2)C2CC2)cc1. The minimum atomic E-state index is -0.207. The summed E-state index contributed by atoms with van der Waals surface area (Å²) in [6, 6.07) is 9.02. The molecule has 1 atom stereocenters. The van der Waals surface area contributed by atoms with Crippen molar-refractivity contribution in [3.8, 4) is 0 Å². The third-order valence-electron chi connectivity index (χ3n) is 4.72. The van der Waals surface area contributed by atoms with Gasteiger partial charge in [0, 0.05) is 30.5 Å². The Hall–Kier alpha value is -2.23. The van der Waals surface area contributed by atoms with Crippen LogP contribution >= 0.6 is 0 Å². The van der Waals surface area contributed by atoms with Gasteiger partial charge >= 0.3 is 0 Å². The van der Waals surface area contributed by atoms with Crippen molar-refractivity contribution in [2.75, 3.05) is 0 Å². The smallest absolute Gasteiger partial charge is 0.230 e. The Morgan fingerprint density at radius 3 is 2.25 bits per heavy atom. The maximum atomic E-state index is 13.0. The molecule has 24 heavy (non-hydrogen) atoms. The molecule has 1 amide bonds. The van der Waals surface area contributed by atoms with Gasteiger partial charge in [0.15, 0.2) is 0 Å². The van der Waals surface area contributed by atoms with Crippen LogP contribution in [0, 0.1) is 0 Å². The molecule has 4 heteroatoms. The van der Waals surface area contributed by atoms with Gasteiger partial charge in [-0.3, -0.25) is 4.79 Å².